The number of fused-ring (bicyclic) bond motifs is 1. The Morgan fingerprint density at radius 3 is 2.32 bits per heavy atom. The van der Waals surface area contributed by atoms with E-state index in [0.29, 0.717) is 23.2 Å². The third-order valence-corrected chi connectivity index (χ3v) is 8.71. The first-order valence-corrected chi connectivity index (χ1v) is 12.6. The average Bonchev–Trinajstić information content (AvgIpc) is 2.68. The number of rotatable bonds is 6. The number of hydrogen-bond donors (Lipinski definition) is 0. The molecule has 2 unspecified atom stereocenters. The van der Waals surface area contributed by atoms with Gasteiger partial charge in [0.05, 0.1) is 0 Å². The van der Waals surface area contributed by atoms with Gasteiger partial charge in [-0.1, -0.05) is 52.7 Å². The van der Waals surface area contributed by atoms with Gasteiger partial charge >= 0.3 is 0 Å². The SMILES string of the molecule is CC(C)(C)C(=O)N(CCN1CCN(C(=O)C2CCC2)CC1)CC1=CCC2CC1C2(C)C. The molecule has 5 heteroatoms. The van der Waals surface area contributed by atoms with Gasteiger partial charge in [-0.2, -0.15) is 0 Å². The molecule has 1 aliphatic heterocycles. The van der Waals surface area contributed by atoms with E-state index in [9.17, 15) is 9.59 Å². The van der Waals surface area contributed by atoms with Crippen molar-refractivity contribution >= 4 is 11.8 Å². The molecule has 2 atom stereocenters. The van der Waals surface area contributed by atoms with Crippen LogP contribution in [0.3, 0.4) is 0 Å². The van der Waals surface area contributed by atoms with Gasteiger partial charge in [0.15, 0.2) is 0 Å². The van der Waals surface area contributed by atoms with Crippen LogP contribution in [0.5, 0.6) is 0 Å². The lowest BCUT2D eigenvalue weighted by Gasteiger charge is -2.57. The quantitative estimate of drug-likeness (QED) is 0.603. The van der Waals surface area contributed by atoms with E-state index in [1.807, 2.05) is 20.8 Å². The van der Waals surface area contributed by atoms with Gasteiger partial charge < -0.3 is 9.80 Å². The molecule has 1 heterocycles. The molecular weight excluding hydrogens is 386 g/mol. The van der Waals surface area contributed by atoms with Gasteiger partial charge in [-0.15, -0.1) is 0 Å². The molecule has 0 aromatic carbocycles. The molecule has 31 heavy (non-hydrogen) atoms. The van der Waals surface area contributed by atoms with Crippen molar-refractivity contribution in [2.45, 2.75) is 66.7 Å². The van der Waals surface area contributed by atoms with Crippen LogP contribution < -0.4 is 0 Å². The first-order valence-electron chi connectivity index (χ1n) is 12.6. The summed E-state index contributed by atoms with van der Waals surface area (Å²) in [6.07, 6.45) is 8.27. The largest absolute Gasteiger partial charge is 0.340 e. The highest BCUT2D eigenvalue weighted by atomic mass is 16.2. The minimum Gasteiger partial charge on any atom is -0.340 e. The summed E-state index contributed by atoms with van der Waals surface area (Å²) in [5.41, 5.74) is 1.52. The molecule has 2 saturated carbocycles. The van der Waals surface area contributed by atoms with E-state index < -0.39 is 0 Å². The molecule has 3 fully saturated rings. The van der Waals surface area contributed by atoms with Gasteiger partial charge in [0.2, 0.25) is 11.8 Å². The van der Waals surface area contributed by atoms with Crippen molar-refractivity contribution in [2.24, 2.45) is 28.6 Å². The smallest absolute Gasteiger partial charge is 0.228 e. The highest BCUT2D eigenvalue weighted by molar-refractivity contribution is 5.82. The molecule has 0 spiro atoms. The van der Waals surface area contributed by atoms with E-state index in [4.69, 9.17) is 0 Å². The molecule has 4 aliphatic carbocycles. The number of carbonyl (C=O) groups excluding carboxylic acids is 2. The molecule has 5 nitrogen and oxygen atoms in total. The van der Waals surface area contributed by atoms with Crippen molar-refractivity contribution in [1.82, 2.24) is 14.7 Å². The van der Waals surface area contributed by atoms with Crippen molar-refractivity contribution in [3.63, 3.8) is 0 Å². The Bertz CT molecular complexity index is 723. The zero-order valence-electron chi connectivity index (χ0n) is 20.5. The fraction of sp³-hybridized carbons (Fsp3) is 0.846. The third kappa shape index (κ3) is 4.58. The fourth-order valence-electron chi connectivity index (χ4n) is 5.97. The minimum atomic E-state index is -0.360. The van der Waals surface area contributed by atoms with E-state index >= 15 is 0 Å². The summed E-state index contributed by atoms with van der Waals surface area (Å²) in [6, 6.07) is 0. The van der Waals surface area contributed by atoms with Crippen LogP contribution in [-0.2, 0) is 9.59 Å². The minimum absolute atomic E-state index is 0.256. The lowest BCUT2D eigenvalue weighted by atomic mass is 9.49. The Balaban J connectivity index is 1.32. The number of hydrogen-bond acceptors (Lipinski definition) is 3. The van der Waals surface area contributed by atoms with E-state index in [1.54, 1.807) is 0 Å². The summed E-state index contributed by atoms with van der Waals surface area (Å²) in [6.45, 7) is 16.9. The zero-order valence-corrected chi connectivity index (χ0v) is 20.5. The zero-order chi connectivity index (χ0) is 22.4. The van der Waals surface area contributed by atoms with Gasteiger partial charge in [-0.3, -0.25) is 14.5 Å². The third-order valence-electron chi connectivity index (χ3n) is 8.71. The van der Waals surface area contributed by atoms with E-state index in [2.05, 4.69) is 34.6 Å². The summed E-state index contributed by atoms with van der Waals surface area (Å²) in [5.74, 6) is 2.40. The highest BCUT2D eigenvalue weighted by Crippen LogP contribution is 2.59. The average molecular weight is 430 g/mol. The predicted octanol–water partition coefficient (Wildman–Crippen LogP) is 3.80. The Kier molecular flexibility index (Phi) is 6.28. The maximum atomic E-state index is 13.3. The van der Waals surface area contributed by atoms with Crippen molar-refractivity contribution < 1.29 is 9.59 Å². The lowest BCUT2D eigenvalue weighted by Crippen LogP contribution is -2.54. The second-order valence-electron chi connectivity index (χ2n) is 12.1. The summed E-state index contributed by atoms with van der Waals surface area (Å²) in [5, 5.41) is 0. The number of nitrogens with zero attached hydrogens (tertiary/aromatic N) is 3. The maximum absolute atomic E-state index is 13.3. The molecule has 0 aromatic heterocycles. The number of carbonyl (C=O) groups is 2. The molecule has 2 bridgehead atoms. The summed E-state index contributed by atoms with van der Waals surface area (Å²) in [7, 11) is 0. The molecule has 174 valence electrons. The van der Waals surface area contributed by atoms with Gasteiger partial charge in [0, 0.05) is 57.1 Å². The van der Waals surface area contributed by atoms with Crippen LogP contribution in [0, 0.1) is 28.6 Å². The van der Waals surface area contributed by atoms with Crippen LogP contribution in [0.2, 0.25) is 0 Å². The van der Waals surface area contributed by atoms with E-state index in [0.717, 1.165) is 64.6 Å². The summed E-state index contributed by atoms with van der Waals surface area (Å²) in [4.78, 5) is 32.4. The molecular formula is C26H43N3O2. The van der Waals surface area contributed by atoms with Crippen LogP contribution in [0.15, 0.2) is 11.6 Å². The highest BCUT2D eigenvalue weighted by Gasteiger charge is 2.51. The monoisotopic (exact) mass is 429 g/mol. The molecule has 5 aliphatic rings. The second-order valence-corrected chi connectivity index (χ2v) is 12.1. The topological polar surface area (TPSA) is 43.9 Å². The van der Waals surface area contributed by atoms with Crippen molar-refractivity contribution in [2.75, 3.05) is 45.8 Å². The number of amides is 2. The Hall–Kier alpha value is -1.36. The van der Waals surface area contributed by atoms with Gasteiger partial charge in [-0.25, -0.2) is 0 Å². The second kappa shape index (κ2) is 8.53. The maximum Gasteiger partial charge on any atom is 0.228 e. The lowest BCUT2D eigenvalue weighted by molar-refractivity contribution is -0.140. The molecule has 5 rings (SSSR count). The van der Waals surface area contributed by atoms with Crippen molar-refractivity contribution in [3.05, 3.63) is 11.6 Å². The molecule has 1 saturated heterocycles. The van der Waals surface area contributed by atoms with Crippen molar-refractivity contribution in [3.8, 4) is 0 Å². The Morgan fingerprint density at radius 2 is 1.81 bits per heavy atom. The molecule has 0 N–H and O–H groups in total. The summed E-state index contributed by atoms with van der Waals surface area (Å²) < 4.78 is 0. The van der Waals surface area contributed by atoms with Crippen LogP contribution in [0.4, 0.5) is 0 Å². The van der Waals surface area contributed by atoms with Crippen LogP contribution >= 0.6 is 0 Å². The van der Waals surface area contributed by atoms with Gasteiger partial charge in [-0.05, 0) is 42.9 Å². The molecule has 0 radical (unpaired) electrons. The first-order chi connectivity index (χ1) is 14.6. The van der Waals surface area contributed by atoms with Crippen LogP contribution in [0.1, 0.15) is 66.7 Å². The van der Waals surface area contributed by atoms with Gasteiger partial charge in [0.1, 0.15) is 0 Å². The number of piperazine rings is 1. The van der Waals surface area contributed by atoms with Gasteiger partial charge in [0.25, 0.3) is 0 Å². The fourth-order valence-corrected chi connectivity index (χ4v) is 5.97. The van der Waals surface area contributed by atoms with E-state index in [1.165, 1.54) is 24.8 Å². The molecule has 0 aromatic rings. The predicted molar refractivity (Wildman–Crippen MR) is 124 cm³/mol. The van der Waals surface area contributed by atoms with E-state index in [-0.39, 0.29) is 11.3 Å². The molecule has 2 amide bonds. The first kappa shape index (κ1) is 22.8. The normalized spacial score (nSPS) is 28.4. The van der Waals surface area contributed by atoms with Crippen molar-refractivity contribution in [1.29, 1.82) is 0 Å². The Morgan fingerprint density at radius 1 is 1.13 bits per heavy atom. The standard InChI is InChI=1S/C26H43N3O2/c1-25(2,3)24(31)29(18-20-9-10-21-17-22(20)26(21,4)5)16-13-27-11-14-28(15-12-27)23(30)19-7-6-8-19/h9,19,21-22H,6-8,10-18H2,1-5H3. The van der Waals surface area contributed by atoms with Crippen LogP contribution in [-0.4, -0.2) is 72.3 Å². The summed E-state index contributed by atoms with van der Waals surface area (Å²) >= 11 is 0. The Labute approximate surface area is 189 Å². The van der Waals surface area contributed by atoms with Crippen LogP contribution in [0.25, 0.3) is 0 Å². The number of allylic oxidation sites excluding steroid dienone is 1.